The van der Waals surface area contributed by atoms with Crippen molar-refractivity contribution >= 4 is 5.78 Å². The first-order chi connectivity index (χ1) is 6.78. The highest BCUT2D eigenvalue weighted by atomic mass is 16.3. The van der Waals surface area contributed by atoms with E-state index >= 15 is 0 Å². The van der Waals surface area contributed by atoms with Gasteiger partial charge in [-0.05, 0) is 25.7 Å². The molecular weight excluding hydrogens is 180 g/mol. The van der Waals surface area contributed by atoms with E-state index in [-0.39, 0.29) is 6.04 Å². The third-order valence-corrected chi connectivity index (χ3v) is 4.08. The minimum absolute atomic E-state index is 0.00963. The Hall–Kier alpha value is -0.770. The molecule has 4 bridgehead atoms. The van der Waals surface area contributed by atoms with Gasteiger partial charge in [0.25, 0.3) is 0 Å². The maximum Gasteiger partial charge on any atom is 0.150 e. The molecule has 0 N–H and O–H groups in total. The number of carbonyl (C=O) groups excluding carboxylic acids is 1. The van der Waals surface area contributed by atoms with Crippen LogP contribution in [0, 0.1) is 10.8 Å². The highest BCUT2D eigenvalue weighted by Crippen LogP contribution is 2.41. The molecule has 0 aromatic heterocycles. The number of carbonyl (C=O) groups is 1. The standard InChI is InChI=1S/C10H14N2O2/c13-10-5-12-8-1-6(10)2-9(12)4-7(3-8)11-14/h6-9H,1-5H2. The van der Waals surface area contributed by atoms with Gasteiger partial charge in [-0.15, -0.1) is 0 Å². The van der Waals surface area contributed by atoms with Crippen molar-refractivity contribution in [3.8, 4) is 0 Å². The zero-order valence-corrected chi connectivity index (χ0v) is 8.06. The average Bonchev–Trinajstić information content (AvgIpc) is 2.16. The fourth-order valence-electron chi connectivity index (χ4n) is 3.43. The van der Waals surface area contributed by atoms with E-state index in [0.717, 1.165) is 25.7 Å². The third kappa shape index (κ3) is 1.06. The van der Waals surface area contributed by atoms with Gasteiger partial charge in [0.05, 0.1) is 12.6 Å². The molecule has 76 valence electrons. The second-order valence-electron chi connectivity index (χ2n) is 4.85. The van der Waals surface area contributed by atoms with Crippen LogP contribution in [0.1, 0.15) is 25.7 Å². The summed E-state index contributed by atoms with van der Waals surface area (Å²) in [5.74, 6) is 0.706. The number of Topliss-reactive ketones (excluding diaryl/α,β-unsaturated/α-hetero) is 1. The van der Waals surface area contributed by atoms with Crippen molar-refractivity contribution in [2.75, 3.05) is 6.54 Å². The number of ketones is 1. The second kappa shape index (κ2) is 2.86. The number of hydrogen-bond donors (Lipinski definition) is 0. The Labute approximate surface area is 82.6 Å². The van der Waals surface area contributed by atoms with Crippen LogP contribution in [0.4, 0.5) is 0 Å². The molecule has 0 aromatic carbocycles. The molecule has 0 saturated carbocycles. The summed E-state index contributed by atoms with van der Waals surface area (Å²) in [5, 5.41) is 3.17. The smallest absolute Gasteiger partial charge is 0.150 e. The maximum atomic E-state index is 11.5. The molecule has 14 heavy (non-hydrogen) atoms. The molecule has 4 heteroatoms. The van der Waals surface area contributed by atoms with E-state index in [9.17, 15) is 9.70 Å². The SMILES string of the molecule is O=NC1CC2CC3CC(C1)N2CC3=O. The topological polar surface area (TPSA) is 49.7 Å². The summed E-state index contributed by atoms with van der Waals surface area (Å²) in [6, 6.07) is 0.941. The van der Waals surface area contributed by atoms with E-state index in [1.54, 1.807) is 0 Å². The summed E-state index contributed by atoms with van der Waals surface area (Å²) < 4.78 is 0. The third-order valence-electron chi connectivity index (χ3n) is 4.08. The van der Waals surface area contributed by atoms with E-state index in [1.165, 1.54) is 0 Å². The molecule has 0 amide bonds. The van der Waals surface area contributed by atoms with Gasteiger partial charge in [-0.1, -0.05) is 5.18 Å². The monoisotopic (exact) mass is 194 g/mol. The molecule has 4 saturated heterocycles. The lowest BCUT2D eigenvalue weighted by Crippen LogP contribution is -2.62. The zero-order chi connectivity index (χ0) is 9.71. The molecule has 4 heterocycles. The van der Waals surface area contributed by atoms with Gasteiger partial charge in [0.1, 0.15) is 5.78 Å². The van der Waals surface area contributed by atoms with Crippen LogP contribution in [0.5, 0.6) is 0 Å². The van der Waals surface area contributed by atoms with Gasteiger partial charge in [0.15, 0.2) is 0 Å². The average molecular weight is 194 g/mol. The Morgan fingerprint density at radius 1 is 1.14 bits per heavy atom. The predicted octanol–water partition coefficient (Wildman–Crippen LogP) is 0.947. The summed E-state index contributed by atoms with van der Waals surface area (Å²) in [6.07, 6.45) is 3.70. The van der Waals surface area contributed by atoms with Crippen LogP contribution >= 0.6 is 0 Å². The van der Waals surface area contributed by atoms with Crippen LogP contribution in [-0.4, -0.2) is 35.4 Å². The number of hydrogen-bond acceptors (Lipinski definition) is 4. The van der Waals surface area contributed by atoms with Crippen LogP contribution in [0.3, 0.4) is 0 Å². The Kier molecular flexibility index (Phi) is 1.74. The zero-order valence-electron chi connectivity index (χ0n) is 8.06. The molecule has 0 spiro atoms. The quantitative estimate of drug-likeness (QED) is 0.584. The molecule has 0 aliphatic carbocycles. The molecule has 4 fully saturated rings. The Balaban J connectivity index is 1.84. The van der Waals surface area contributed by atoms with Crippen LogP contribution in [0.25, 0.3) is 0 Å². The second-order valence-corrected chi connectivity index (χ2v) is 4.85. The van der Waals surface area contributed by atoms with E-state index in [1.807, 2.05) is 0 Å². The largest absolute Gasteiger partial charge is 0.298 e. The van der Waals surface area contributed by atoms with E-state index in [0.29, 0.717) is 30.3 Å². The molecule has 4 nitrogen and oxygen atoms in total. The van der Waals surface area contributed by atoms with Crippen LogP contribution in [-0.2, 0) is 4.79 Å². The first-order valence-corrected chi connectivity index (χ1v) is 5.39. The van der Waals surface area contributed by atoms with Crippen molar-refractivity contribution in [3.05, 3.63) is 4.91 Å². The van der Waals surface area contributed by atoms with Crippen LogP contribution in [0.2, 0.25) is 0 Å². The molecule has 0 aromatic rings. The molecule has 4 aliphatic rings. The minimum atomic E-state index is 0.00963. The number of nitrogens with zero attached hydrogens (tertiary/aromatic N) is 2. The van der Waals surface area contributed by atoms with Gasteiger partial charge < -0.3 is 0 Å². The summed E-state index contributed by atoms with van der Waals surface area (Å²) >= 11 is 0. The lowest BCUT2D eigenvalue weighted by atomic mass is 9.71. The van der Waals surface area contributed by atoms with Gasteiger partial charge in [-0.25, -0.2) is 0 Å². The van der Waals surface area contributed by atoms with Crippen molar-refractivity contribution in [2.45, 2.75) is 43.8 Å². The van der Waals surface area contributed by atoms with Crippen molar-refractivity contribution in [1.82, 2.24) is 4.90 Å². The highest BCUT2D eigenvalue weighted by molar-refractivity contribution is 5.84. The normalized spacial score (nSPS) is 50.6. The van der Waals surface area contributed by atoms with E-state index in [4.69, 9.17) is 0 Å². The van der Waals surface area contributed by atoms with Crippen molar-refractivity contribution < 1.29 is 4.79 Å². The van der Waals surface area contributed by atoms with Gasteiger partial charge >= 0.3 is 0 Å². The molecule has 2 atom stereocenters. The number of fused-ring (bicyclic) bond motifs is 1. The highest BCUT2D eigenvalue weighted by Gasteiger charge is 2.48. The molecular formula is C10H14N2O2. The number of rotatable bonds is 1. The fourth-order valence-corrected chi connectivity index (χ4v) is 3.43. The van der Waals surface area contributed by atoms with Crippen LogP contribution in [0.15, 0.2) is 5.18 Å². The minimum Gasteiger partial charge on any atom is -0.298 e. The first kappa shape index (κ1) is 8.53. The van der Waals surface area contributed by atoms with Crippen molar-refractivity contribution in [1.29, 1.82) is 0 Å². The number of piperidine rings is 4. The lowest BCUT2D eigenvalue weighted by molar-refractivity contribution is -0.140. The fraction of sp³-hybridized carbons (Fsp3) is 0.900. The van der Waals surface area contributed by atoms with Gasteiger partial charge in [-0.3, -0.25) is 9.69 Å². The van der Waals surface area contributed by atoms with E-state index in [2.05, 4.69) is 10.1 Å². The Morgan fingerprint density at radius 2 is 1.79 bits per heavy atom. The molecule has 4 rings (SSSR count). The van der Waals surface area contributed by atoms with Crippen LogP contribution < -0.4 is 0 Å². The lowest BCUT2D eigenvalue weighted by Gasteiger charge is -2.53. The van der Waals surface area contributed by atoms with E-state index < -0.39 is 0 Å². The maximum absolute atomic E-state index is 11.5. The molecule has 0 radical (unpaired) electrons. The van der Waals surface area contributed by atoms with Gasteiger partial charge in [-0.2, -0.15) is 4.91 Å². The summed E-state index contributed by atoms with van der Waals surface area (Å²) in [6.45, 7) is 0.631. The summed E-state index contributed by atoms with van der Waals surface area (Å²) in [5.41, 5.74) is 0. The molecule has 2 unspecified atom stereocenters. The summed E-state index contributed by atoms with van der Waals surface area (Å²) in [7, 11) is 0. The van der Waals surface area contributed by atoms with Crippen molar-refractivity contribution in [2.24, 2.45) is 11.1 Å². The Bertz CT molecular complexity index is 272. The van der Waals surface area contributed by atoms with Gasteiger partial charge in [0, 0.05) is 18.0 Å². The van der Waals surface area contributed by atoms with Gasteiger partial charge in [0.2, 0.25) is 0 Å². The Morgan fingerprint density at radius 3 is 2.29 bits per heavy atom. The number of nitroso groups, excluding NO2 is 1. The predicted molar refractivity (Wildman–Crippen MR) is 50.8 cm³/mol. The van der Waals surface area contributed by atoms with Crippen molar-refractivity contribution in [3.63, 3.8) is 0 Å². The summed E-state index contributed by atoms with van der Waals surface area (Å²) in [4.78, 5) is 24.3. The first-order valence-electron chi connectivity index (χ1n) is 5.39. The molecule has 4 aliphatic heterocycles.